The molecule has 0 amide bonds. The molecule has 2 N–H and O–H groups in total. The van der Waals surface area contributed by atoms with E-state index >= 15 is 0 Å². The van der Waals surface area contributed by atoms with Crippen LogP contribution in [0.1, 0.15) is 39.7 Å². The summed E-state index contributed by atoms with van der Waals surface area (Å²) in [5.74, 6) is 1.39. The van der Waals surface area contributed by atoms with Gasteiger partial charge in [0.2, 0.25) is 0 Å². The lowest BCUT2D eigenvalue weighted by Crippen LogP contribution is -2.43. The number of hydrogen-bond donors (Lipinski definition) is 2. The summed E-state index contributed by atoms with van der Waals surface area (Å²) in [6.45, 7) is 8.95. The molecule has 0 aliphatic rings. The van der Waals surface area contributed by atoms with E-state index in [4.69, 9.17) is 4.74 Å². The Morgan fingerprint density at radius 2 is 1.80 bits per heavy atom. The second-order valence-corrected chi connectivity index (χ2v) is 6.43. The molecule has 0 saturated heterocycles. The number of benzene rings is 1. The molecule has 20 heavy (non-hydrogen) atoms. The van der Waals surface area contributed by atoms with E-state index in [1.807, 2.05) is 19.1 Å². The van der Waals surface area contributed by atoms with Gasteiger partial charge in [-0.25, -0.2) is 0 Å². The fraction of sp³-hybridized carbons (Fsp3) is 0.647. The summed E-state index contributed by atoms with van der Waals surface area (Å²) in [7, 11) is 1.68. The topological polar surface area (TPSA) is 41.5 Å². The standard InChI is InChI=1S/C17H29NO2/c1-13(2)11-17(4,19)12-18-14(3)10-15-6-8-16(20-5)9-7-15/h6-9,13-14,18-19H,10-12H2,1-5H3. The van der Waals surface area contributed by atoms with Crippen molar-refractivity contribution in [2.24, 2.45) is 5.92 Å². The van der Waals surface area contributed by atoms with Crippen LogP contribution in [-0.2, 0) is 6.42 Å². The van der Waals surface area contributed by atoms with Crippen molar-refractivity contribution in [1.29, 1.82) is 0 Å². The Balaban J connectivity index is 2.41. The van der Waals surface area contributed by atoms with E-state index in [2.05, 4.69) is 38.2 Å². The molecule has 0 heterocycles. The highest BCUT2D eigenvalue weighted by Gasteiger charge is 2.22. The van der Waals surface area contributed by atoms with Crippen molar-refractivity contribution in [3.8, 4) is 5.75 Å². The van der Waals surface area contributed by atoms with Crippen LogP contribution in [0.2, 0.25) is 0 Å². The van der Waals surface area contributed by atoms with Crippen molar-refractivity contribution in [1.82, 2.24) is 5.32 Å². The Bertz CT molecular complexity index is 384. The first kappa shape index (κ1) is 17.0. The van der Waals surface area contributed by atoms with Crippen molar-refractivity contribution in [3.05, 3.63) is 29.8 Å². The first-order chi connectivity index (χ1) is 9.32. The van der Waals surface area contributed by atoms with Gasteiger partial charge in [0, 0.05) is 12.6 Å². The fourth-order valence-electron chi connectivity index (χ4n) is 2.53. The van der Waals surface area contributed by atoms with E-state index in [1.165, 1.54) is 5.56 Å². The number of ether oxygens (including phenoxy) is 1. The van der Waals surface area contributed by atoms with Crippen LogP contribution in [0.15, 0.2) is 24.3 Å². The van der Waals surface area contributed by atoms with E-state index in [0.29, 0.717) is 18.5 Å². The van der Waals surface area contributed by atoms with Crippen molar-refractivity contribution >= 4 is 0 Å². The van der Waals surface area contributed by atoms with Crippen LogP contribution < -0.4 is 10.1 Å². The molecule has 0 aliphatic heterocycles. The van der Waals surface area contributed by atoms with Gasteiger partial charge in [0.15, 0.2) is 0 Å². The van der Waals surface area contributed by atoms with E-state index < -0.39 is 5.60 Å². The van der Waals surface area contributed by atoms with Crippen LogP contribution >= 0.6 is 0 Å². The molecule has 0 saturated carbocycles. The van der Waals surface area contributed by atoms with E-state index in [0.717, 1.165) is 18.6 Å². The average molecular weight is 279 g/mol. The zero-order valence-electron chi connectivity index (χ0n) is 13.4. The second-order valence-electron chi connectivity index (χ2n) is 6.43. The van der Waals surface area contributed by atoms with Crippen molar-refractivity contribution in [2.45, 2.75) is 52.2 Å². The summed E-state index contributed by atoms with van der Waals surface area (Å²) < 4.78 is 5.15. The third kappa shape index (κ3) is 6.40. The SMILES string of the molecule is COc1ccc(CC(C)NCC(C)(O)CC(C)C)cc1. The molecule has 3 nitrogen and oxygen atoms in total. The molecule has 2 atom stereocenters. The number of methoxy groups -OCH3 is 1. The molecule has 1 aromatic rings. The van der Waals surface area contributed by atoms with Crippen LogP contribution in [0.3, 0.4) is 0 Å². The van der Waals surface area contributed by atoms with Crippen molar-refractivity contribution in [3.63, 3.8) is 0 Å². The Labute approximate surface area is 123 Å². The summed E-state index contributed by atoms with van der Waals surface area (Å²) in [5, 5.41) is 13.7. The zero-order chi connectivity index (χ0) is 15.2. The lowest BCUT2D eigenvalue weighted by molar-refractivity contribution is 0.0364. The summed E-state index contributed by atoms with van der Waals surface area (Å²) in [6, 6.07) is 8.47. The molecular weight excluding hydrogens is 250 g/mol. The third-order valence-corrected chi connectivity index (χ3v) is 3.38. The summed E-state index contributed by atoms with van der Waals surface area (Å²) >= 11 is 0. The average Bonchev–Trinajstić information content (AvgIpc) is 2.36. The van der Waals surface area contributed by atoms with Crippen LogP contribution in [0.25, 0.3) is 0 Å². The minimum Gasteiger partial charge on any atom is -0.497 e. The number of rotatable bonds is 8. The molecule has 0 fully saturated rings. The van der Waals surface area contributed by atoms with Crippen molar-refractivity contribution in [2.75, 3.05) is 13.7 Å². The smallest absolute Gasteiger partial charge is 0.118 e. The van der Waals surface area contributed by atoms with Gasteiger partial charge < -0.3 is 15.2 Å². The van der Waals surface area contributed by atoms with Gasteiger partial charge in [-0.3, -0.25) is 0 Å². The molecule has 3 heteroatoms. The van der Waals surface area contributed by atoms with Gasteiger partial charge in [0.1, 0.15) is 5.75 Å². The molecule has 2 unspecified atom stereocenters. The van der Waals surface area contributed by atoms with Crippen molar-refractivity contribution < 1.29 is 9.84 Å². The van der Waals surface area contributed by atoms with Gasteiger partial charge in [-0.05, 0) is 50.3 Å². The molecule has 1 rings (SSSR count). The zero-order valence-corrected chi connectivity index (χ0v) is 13.4. The second kappa shape index (κ2) is 7.65. The van der Waals surface area contributed by atoms with Gasteiger partial charge in [0.05, 0.1) is 12.7 Å². The maximum Gasteiger partial charge on any atom is 0.118 e. The summed E-state index contributed by atoms with van der Waals surface area (Å²) in [6.07, 6.45) is 1.76. The normalized spacial score (nSPS) is 15.9. The van der Waals surface area contributed by atoms with Crippen LogP contribution in [0.5, 0.6) is 5.75 Å². The molecule has 1 aromatic carbocycles. The van der Waals surface area contributed by atoms with Gasteiger partial charge in [-0.2, -0.15) is 0 Å². The molecule has 0 aliphatic carbocycles. The predicted octanol–water partition coefficient (Wildman–Crippen LogP) is 3.01. The lowest BCUT2D eigenvalue weighted by atomic mass is 9.94. The highest BCUT2D eigenvalue weighted by Crippen LogP contribution is 2.16. The molecule has 0 radical (unpaired) electrons. The Hall–Kier alpha value is -1.06. The van der Waals surface area contributed by atoms with E-state index in [1.54, 1.807) is 7.11 Å². The fourth-order valence-corrected chi connectivity index (χ4v) is 2.53. The number of nitrogens with one attached hydrogen (secondary N) is 1. The number of hydrogen-bond acceptors (Lipinski definition) is 3. The molecule has 114 valence electrons. The molecule has 0 aromatic heterocycles. The Morgan fingerprint density at radius 3 is 2.30 bits per heavy atom. The highest BCUT2D eigenvalue weighted by atomic mass is 16.5. The predicted molar refractivity (Wildman–Crippen MR) is 84.2 cm³/mol. The summed E-state index contributed by atoms with van der Waals surface area (Å²) in [4.78, 5) is 0. The Kier molecular flexibility index (Phi) is 6.50. The number of aliphatic hydroxyl groups is 1. The van der Waals surface area contributed by atoms with Gasteiger partial charge in [-0.1, -0.05) is 26.0 Å². The van der Waals surface area contributed by atoms with Crippen LogP contribution in [-0.4, -0.2) is 30.4 Å². The molecule has 0 spiro atoms. The monoisotopic (exact) mass is 279 g/mol. The van der Waals surface area contributed by atoms with Crippen LogP contribution in [0.4, 0.5) is 0 Å². The first-order valence-electron chi connectivity index (χ1n) is 7.41. The lowest BCUT2D eigenvalue weighted by Gasteiger charge is -2.27. The van der Waals surface area contributed by atoms with E-state index in [9.17, 15) is 5.11 Å². The van der Waals surface area contributed by atoms with Gasteiger partial charge in [0.25, 0.3) is 0 Å². The third-order valence-electron chi connectivity index (χ3n) is 3.38. The maximum absolute atomic E-state index is 10.3. The largest absolute Gasteiger partial charge is 0.497 e. The maximum atomic E-state index is 10.3. The van der Waals surface area contributed by atoms with Gasteiger partial charge >= 0.3 is 0 Å². The summed E-state index contributed by atoms with van der Waals surface area (Å²) in [5.41, 5.74) is 0.636. The minimum absolute atomic E-state index is 0.335. The van der Waals surface area contributed by atoms with E-state index in [-0.39, 0.29) is 0 Å². The minimum atomic E-state index is -0.637. The Morgan fingerprint density at radius 1 is 1.20 bits per heavy atom. The molecular formula is C17H29NO2. The molecule has 0 bridgehead atoms. The van der Waals surface area contributed by atoms with Gasteiger partial charge in [-0.15, -0.1) is 0 Å². The quantitative estimate of drug-likeness (QED) is 0.768. The first-order valence-corrected chi connectivity index (χ1v) is 7.41. The van der Waals surface area contributed by atoms with Crippen LogP contribution in [0, 0.1) is 5.92 Å². The highest BCUT2D eigenvalue weighted by molar-refractivity contribution is 5.27.